The van der Waals surface area contributed by atoms with Crippen LogP contribution in [0.3, 0.4) is 0 Å². The van der Waals surface area contributed by atoms with E-state index in [-0.39, 0.29) is 0 Å². The summed E-state index contributed by atoms with van der Waals surface area (Å²) in [6.45, 7) is 2.01. The number of anilines is 1. The highest BCUT2D eigenvalue weighted by molar-refractivity contribution is 6.31. The zero-order valence-electron chi connectivity index (χ0n) is 12.1. The molecule has 0 aliphatic carbocycles. The summed E-state index contributed by atoms with van der Waals surface area (Å²) >= 11 is 6.22. The normalized spacial score (nSPS) is 12.2. The predicted octanol–water partition coefficient (Wildman–Crippen LogP) is 3.99. The number of aliphatic hydroxyl groups excluding tert-OH is 1. The molecular weight excluding hydrogens is 270 g/mol. The highest BCUT2D eigenvalue weighted by atomic mass is 35.5. The van der Waals surface area contributed by atoms with Gasteiger partial charge in [-0.2, -0.15) is 0 Å². The van der Waals surface area contributed by atoms with E-state index in [0.717, 1.165) is 22.4 Å². The lowest BCUT2D eigenvalue weighted by Crippen LogP contribution is -2.10. The van der Waals surface area contributed by atoms with E-state index in [9.17, 15) is 5.11 Å². The molecule has 2 aromatic rings. The van der Waals surface area contributed by atoms with Gasteiger partial charge in [0.2, 0.25) is 0 Å². The molecule has 0 heterocycles. The quantitative estimate of drug-likeness (QED) is 0.920. The van der Waals surface area contributed by atoms with Crippen molar-refractivity contribution in [3.8, 4) is 0 Å². The van der Waals surface area contributed by atoms with Crippen LogP contribution < -0.4 is 4.90 Å². The van der Waals surface area contributed by atoms with Crippen LogP contribution in [0.15, 0.2) is 42.5 Å². The summed E-state index contributed by atoms with van der Waals surface area (Å²) in [5.74, 6) is 0. The van der Waals surface area contributed by atoms with Crippen molar-refractivity contribution >= 4 is 17.3 Å². The van der Waals surface area contributed by atoms with Gasteiger partial charge in [0.25, 0.3) is 0 Å². The molecule has 1 N–H and O–H groups in total. The SMILES string of the molecule is Cc1ccc(CC(O)c2cccc(N(C)C)c2)c(Cl)c1. The molecule has 0 saturated carbocycles. The molecule has 2 rings (SSSR count). The summed E-state index contributed by atoms with van der Waals surface area (Å²) in [5, 5.41) is 11.1. The second-order valence-corrected chi connectivity index (χ2v) is 5.71. The Morgan fingerprint density at radius 2 is 1.90 bits per heavy atom. The van der Waals surface area contributed by atoms with Crippen LogP contribution in [-0.2, 0) is 6.42 Å². The molecule has 0 bridgehead atoms. The minimum Gasteiger partial charge on any atom is -0.388 e. The highest BCUT2D eigenvalue weighted by Gasteiger charge is 2.12. The first-order valence-electron chi connectivity index (χ1n) is 6.68. The molecule has 1 atom stereocenters. The molecule has 0 spiro atoms. The van der Waals surface area contributed by atoms with Crippen LogP contribution in [0.2, 0.25) is 5.02 Å². The average molecular weight is 290 g/mol. The molecule has 0 amide bonds. The maximum Gasteiger partial charge on any atom is 0.0831 e. The third-order valence-electron chi connectivity index (χ3n) is 3.39. The Hall–Kier alpha value is -1.51. The summed E-state index contributed by atoms with van der Waals surface area (Å²) in [7, 11) is 3.98. The lowest BCUT2D eigenvalue weighted by molar-refractivity contribution is 0.178. The van der Waals surface area contributed by atoms with Gasteiger partial charge in [0.05, 0.1) is 6.10 Å². The second-order valence-electron chi connectivity index (χ2n) is 5.30. The number of rotatable bonds is 4. The van der Waals surface area contributed by atoms with E-state index >= 15 is 0 Å². The van der Waals surface area contributed by atoms with Crippen LogP contribution in [0, 0.1) is 6.92 Å². The van der Waals surface area contributed by atoms with Crippen LogP contribution in [-0.4, -0.2) is 19.2 Å². The Kier molecular flexibility index (Phi) is 4.69. The van der Waals surface area contributed by atoms with Gasteiger partial charge in [0.15, 0.2) is 0 Å². The second kappa shape index (κ2) is 6.29. The van der Waals surface area contributed by atoms with Crippen molar-refractivity contribution in [3.05, 3.63) is 64.2 Å². The lowest BCUT2D eigenvalue weighted by Gasteiger charge is -2.17. The van der Waals surface area contributed by atoms with E-state index in [1.807, 2.05) is 68.4 Å². The zero-order valence-corrected chi connectivity index (χ0v) is 12.9. The van der Waals surface area contributed by atoms with Gasteiger partial charge in [-0.15, -0.1) is 0 Å². The smallest absolute Gasteiger partial charge is 0.0831 e. The van der Waals surface area contributed by atoms with E-state index in [0.29, 0.717) is 11.4 Å². The van der Waals surface area contributed by atoms with Crippen LogP contribution in [0.1, 0.15) is 22.8 Å². The van der Waals surface area contributed by atoms with E-state index < -0.39 is 6.10 Å². The van der Waals surface area contributed by atoms with E-state index in [1.54, 1.807) is 0 Å². The number of benzene rings is 2. The van der Waals surface area contributed by atoms with Crippen LogP contribution >= 0.6 is 11.6 Å². The number of hydrogen-bond donors (Lipinski definition) is 1. The summed E-state index contributed by atoms with van der Waals surface area (Å²) in [5.41, 5.74) is 4.09. The largest absolute Gasteiger partial charge is 0.388 e. The number of halogens is 1. The molecule has 2 nitrogen and oxygen atoms in total. The van der Waals surface area contributed by atoms with E-state index in [2.05, 4.69) is 0 Å². The van der Waals surface area contributed by atoms with Gasteiger partial charge in [-0.3, -0.25) is 0 Å². The Morgan fingerprint density at radius 1 is 1.15 bits per heavy atom. The van der Waals surface area contributed by atoms with Gasteiger partial charge in [-0.25, -0.2) is 0 Å². The highest BCUT2D eigenvalue weighted by Crippen LogP contribution is 2.26. The Labute approximate surface area is 125 Å². The topological polar surface area (TPSA) is 23.5 Å². The van der Waals surface area contributed by atoms with Gasteiger partial charge in [0.1, 0.15) is 0 Å². The van der Waals surface area contributed by atoms with Crippen molar-refractivity contribution < 1.29 is 5.11 Å². The molecule has 0 aromatic heterocycles. The van der Waals surface area contributed by atoms with Gasteiger partial charge in [-0.05, 0) is 41.8 Å². The Bertz CT molecular complexity index is 595. The average Bonchev–Trinajstić information content (AvgIpc) is 2.42. The molecule has 1 unspecified atom stereocenters. The summed E-state index contributed by atoms with van der Waals surface area (Å²) in [6.07, 6.45) is -0.0224. The number of aliphatic hydroxyl groups is 1. The fourth-order valence-electron chi connectivity index (χ4n) is 2.15. The number of aryl methyl sites for hydroxylation is 1. The van der Waals surface area contributed by atoms with Gasteiger partial charge in [-0.1, -0.05) is 35.9 Å². The zero-order chi connectivity index (χ0) is 14.7. The maximum absolute atomic E-state index is 10.4. The first kappa shape index (κ1) is 14.9. The van der Waals surface area contributed by atoms with Crippen molar-refractivity contribution in [1.82, 2.24) is 0 Å². The molecule has 106 valence electrons. The van der Waals surface area contributed by atoms with Crippen molar-refractivity contribution in [3.63, 3.8) is 0 Å². The third kappa shape index (κ3) is 3.53. The molecule has 0 radical (unpaired) electrons. The monoisotopic (exact) mass is 289 g/mol. The molecule has 3 heteroatoms. The molecule has 0 saturated heterocycles. The van der Waals surface area contributed by atoms with Gasteiger partial charge < -0.3 is 10.0 Å². The van der Waals surface area contributed by atoms with Gasteiger partial charge in [0, 0.05) is 31.2 Å². The predicted molar refractivity (Wildman–Crippen MR) is 85.6 cm³/mol. The molecule has 2 aromatic carbocycles. The standard InChI is InChI=1S/C17H20ClNO/c1-12-7-8-13(16(18)9-12)11-17(20)14-5-4-6-15(10-14)19(2)3/h4-10,17,20H,11H2,1-3H3. The number of hydrogen-bond acceptors (Lipinski definition) is 2. The Balaban J connectivity index is 2.19. The minimum absolute atomic E-state index is 0.524. The lowest BCUT2D eigenvalue weighted by atomic mass is 10.00. The molecule has 0 aliphatic heterocycles. The van der Waals surface area contributed by atoms with Crippen LogP contribution in [0.25, 0.3) is 0 Å². The maximum atomic E-state index is 10.4. The Morgan fingerprint density at radius 3 is 2.55 bits per heavy atom. The van der Waals surface area contributed by atoms with Crippen molar-refractivity contribution in [1.29, 1.82) is 0 Å². The minimum atomic E-state index is -0.546. The molecule has 0 aliphatic rings. The summed E-state index contributed by atoms with van der Waals surface area (Å²) in [4.78, 5) is 2.02. The first-order chi connectivity index (χ1) is 9.47. The van der Waals surface area contributed by atoms with E-state index in [4.69, 9.17) is 11.6 Å². The molecule has 0 fully saturated rings. The van der Waals surface area contributed by atoms with Crippen molar-refractivity contribution in [2.75, 3.05) is 19.0 Å². The van der Waals surface area contributed by atoms with Crippen LogP contribution in [0.5, 0.6) is 0 Å². The van der Waals surface area contributed by atoms with Crippen LogP contribution in [0.4, 0.5) is 5.69 Å². The summed E-state index contributed by atoms with van der Waals surface area (Å²) in [6, 6.07) is 13.9. The third-order valence-corrected chi connectivity index (χ3v) is 3.75. The fourth-order valence-corrected chi connectivity index (χ4v) is 2.47. The van der Waals surface area contributed by atoms with E-state index in [1.165, 1.54) is 0 Å². The molecular formula is C17H20ClNO. The fraction of sp³-hybridized carbons (Fsp3) is 0.294. The first-order valence-corrected chi connectivity index (χ1v) is 7.05. The van der Waals surface area contributed by atoms with Gasteiger partial charge >= 0.3 is 0 Å². The number of nitrogens with zero attached hydrogens (tertiary/aromatic N) is 1. The molecule has 20 heavy (non-hydrogen) atoms. The van der Waals surface area contributed by atoms with Crippen molar-refractivity contribution in [2.24, 2.45) is 0 Å². The van der Waals surface area contributed by atoms with Crippen molar-refractivity contribution in [2.45, 2.75) is 19.4 Å². The summed E-state index contributed by atoms with van der Waals surface area (Å²) < 4.78 is 0.